The molecule has 0 spiro atoms. The lowest BCUT2D eigenvalue weighted by atomic mass is 10.1. The topological polar surface area (TPSA) is 12.0 Å². The summed E-state index contributed by atoms with van der Waals surface area (Å²) in [5, 5.41) is 2.89. The van der Waals surface area contributed by atoms with Crippen LogP contribution < -0.4 is 5.32 Å². The summed E-state index contributed by atoms with van der Waals surface area (Å²) in [5.41, 5.74) is 2.50. The molecule has 0 aliphatic rings. The number of allylic oxidation sites excluding steroid dienone is 1. The van der Waals surface area contributed by atoms with Crippen molar-refractivity contribution in [1.82, 2.24) is 5.32 Å². The smallest absolute Gasteiger partial charge is 0.0656 e. The molecule has 0 saturated carbocycles. The Morgan fingerprint density at radius 2 is 2.44 bits per heavy atom. The second kappa shape index (κ2) is 4.50. The number of nitrogens with one attached hydrogen (secondary N) is 1. The molecule has 0 aromatic rings. The lowest BCUT2D eigenvalue weighted by Crippen LogP contribution is -2.13. The van der Waals surface area contributed by atoms with Gasteiger partial charge in [0.2, 0.25) is 0 Å². The monoisotopic (exact) mass is 143 g/mol. The molecule has 0 amide bonds. The molecule has 0 aliphatic heterocycles. The van der Waals surface area contributed by atoms with E-state index in [-0.39, 0.29) is 0 Å². The molecule has 1 N–H and O–H groups in total. The molecule has 1 atom stereocenters. The fourth-order valence-electron chi connectivity index (χ4n) is 0.464. The predicted molar refractivity (Wildman–Crippen MR) is 45.4 cm³/mol. The van der Waals surface area contributed by atoms with Crippen LogP contribution in [-0.4, -0.2) is 5.49 Å². The fraction of sp³-hybridized carbons (Fsp3) is 0.571. The van der Waals surface area contributed by atoms with Gasteiger partial charge in [0.1, 0.15) is 0 Å². The van der Waals surface area contributed by atoms with Crippen molar-refractivity contribution in [3.05, 3.63) is 12.3 Å². The van der Waals surface area contributed by atoms with Gasteiger partial charge in [-0.05, 0) is 12.3 Å². The van der Waals surface area contributed by atoms with E-state index in [1.165, 1.54) is 5.49 Å². The van der Waals surface area contributed by atoms with E-state index < -0.39 is 0 Å². The number of hydrogen-bond acceptors (Lipinski definition) is 1. The van der Waals surface area contributed by atoms with Gasteiger partial charge in [-0.2, -0.15) is 0 Å². The van der Waals surface area contributed by atoms with Crippen LogP contribution >= 0.6 is 12.2 Å². The fourth-order valence-corrected chi connectivity index (χ4v) is 0.616. The van der Waals surface area contributed by atoms with Gasteiger partial charge in [-0.15, -0.1) is 0 Å². The van der Waals surface area contributed by atoms with Crippen LogP contribution in [0.3, 0.4) is 0 Å². The average Bonchev–Trinajstić information content (AvgIpc) is 1.87. The van der Waals surface area contributed by atoms with Crippen LogP contribution in [0.5, 0.6) is 0 Å². The zero-order valence-electron chi connectivity index (χ0n) is 5.98. The molecule has 0 rings (SSSR count). The highest BCUT2D eigenvalue weighted by Crippen LogP contribution is 2.07. The first-order valence-electron chi connectivity index (χ1n) is 3.11. The van der Waals surface area contributed by atoms with Crippen LogP contribution in [-0.2, 0) is 0 Å². The number of hydrogen-bond donors (Lipinski definition) is 1. The average molecular weight is 143 g/mol. The van der Waals surface area contributed by atoms with E-state index in [0.717, 1.165) is 12.1 Å². The van der Waals surface area contributed by atoms with Crippen molar-refractivity contribution in [2.24, 2.45) is 5.92 Å². The van der Waals surface area contributed by atoms with E-state index >= 15 is 0 Å². The molecular formula is C7H13NS. The van der Waals surface area contributed by atoms with Gasteiger partial charge in [-0.1, -0.05) is 32.6 Å². The minimum absolute atomic E-state index is 0.518. The van der Waals surface area contributed by atoms with Crippen molar-refractivity contribution < 1.29 is 0 Å². The van der Waals surface area contributed by atoms with E-state index in [1.54, 1.807) is 0 Å². The first kappa shape index (κ1) is 8.63. The summed E-state index contributed by atoms with van der Waals surface area (Å²) in [5.74, 6) is 0.518. The normalized spacial score (nSPS) is 12.2. The molecule has 0 saturated heterocycles. The summed E-state index contributed by atoms with van der Waals surface area (Å²) in [4.78, 5) is 0. The summed E-state index contributed by atoms with van der Waals surface area (Å²) < 4.78 is 0. The van der Waals surface area contributed by atoms with Gasteiger partial charge < -0.3 is 5.32 Å². The molecule has 52 valence electrons. The van der Waals surface area contributed by atoms with E-state index in [2.05, 4.69) is 38.0 Å². The molecule has 0 heterocycles. The summed E-state index contributed by atoms with van der Waals surface area (Å²) >= 11 is 4.60. The molecule has 1 nitrogen and oxygen atoms in total. The van der Waals surface area contributed by atoms with Gasteiger partial charge in [0, 0.05) is 5.70 Å². The van der Waals surface area contributed by atoms with Gasteiger partial charge in [0.15, 0.2) is 0 Å². The highest BCUT2D eigenvalue weighted by molar-refractivity contribution is 7.78. The molecule has 0 aliphatic carbocycles. The molecule has 0 fully saturated rings. The van der Waals surface area contributed by atoms with Crippen LogP contribution in [0, 0.1) is 5.92 Å². The van der Waals surface area contributed by atoms with Crippen molar-refractivity contribution in [2.75, 3.05) is 0 Å². The van der Waals surface area contributed by atoms with E-state index in [9.17, 15) is 0 Å². The maximum Gasteiger partial charge on any atom is 0.0656 e. The zero-order valence-corrected chi connectivity index (χ0v) is 6.79. The zero-order chi connectivity index (χ0) is 7.28. The highest BCUT2D eigenvalue weighted by Gasteiger charge is 1.99. The Bertz CT molecular complexity index is 109. The predicted octanol–water partition coefficient (Wildman–Crippen LogP) is 2.09. The minimum Gasteiger partial charge on any atom is -0.356 e. The van der Waals surface area contributed by atoms with Crippen LogP contribution in [0.1, 0.15) is 20.3 Å². The number of thiocarbonyl (C=S) groups is 1. The largest absolute Gasteiger partial charge is 0.356 e. The van der Waals surface area contributed by atoms with Gasteiger partial charge >= 0.3 is 0 Å². The second-order valence-electron chi connectivity index (χ2n) is 2.10. The molecule has 2 heteroatoms. The third-order valence-corrected chi connectivity index (χ3v) is 1.57. The van der Waals surface area contributed by atoms with E-state index in [4.69, 9.17) is 0 Å². The summed E-state index contributed by atoms with van der Waals surface area (Å²) in [6.07, 6.45) is 1.11. The van der Waals surface area contributed by atoms with Crippen LogP contribution in [0.4, 0.5) is 0 Å². The standard InChI is InChI=1S/C7H13NS/c1-4-6(2)7(3)8-5-9/h5-6H,3-4H2,1-2H3,(H,8,9). The van der Waals surface area contributed by atoms with Crippen molar-refractivity contribution in [3.8, 4) is 0 Å². The van der Waals surface area contributed by atoms with Gasteiger partial charge in [0.25, 0.3) is 0 Å². The third kappa shape index (κ3) is 3.25. The van der Waals surface area contributed by atoms with Gasteiger partial charge in [0.05, 0.1) is 5.49 Å². The molecule has 0 bridgehead atoms. The lowest BCUT2D eigenvalue weighted by molar-refractivity contribution is 0.634. The van der Waals surface area contributed by atoms with Gasteiger partial charge in [-0.25, -0.2) is 0 Å². The third-order valence-electron chi connectivity index (χ3n) is 1.45. The second-order valence-corrected chi connectivity index (χ2v) is 2.33. The Labute approximate surface area is 62.1 Å². The SMILES string of the molecule is C=C(NC=S)C(C)CC. The van der Waals surface area contributed by atoms with Crippen molar-refractivity contribution in [2.45, 2.75) is 20.3 Å². The first-order valence-corrected chi connectivity index (χ1v) is 3.58. The first-order chi connectivity index (χ1) is 4.22. The summed E-state index contributed by atoms with van der Waals surface area (Å²) in [6, 6.07) is 0. The minimum atomic E-state index is 0.518. The van der Waals surface area contributed by atoms with Gasteiger partial charge in [-0.3, -0.25) is 0 Å². The molecular weight excluding hydrogens is 130 g/mol. The Morgan fingerprint density at radius 1 is 1.89 bits per heavy atom. The van der Waals surface area contributed by atoms with Crippen LogP contribution in [0.15, 0.2) is 12.3 Å². The molecule has 1 unspecified atom stereocenters. The quantitative estimate of drug-likeness (QED) is 0.605. The van der Waals surface area contributed by atoms with Crippen molar-refractivity contribution >= 4 is 17.7 Å². The Balaban J connectivity index is 3.58. The van der Waals surface area contributed by atoms with E-state index in [1.807, 2.05) is 0 Å². The Hall–Kier alpha value is -0.370. The molecule has 9 heavy (non-hydrogen) atoms. The maximum atomic E-state index is 4.60. The van der Waals surface area contributed by atoms with E-state index in [0.29, 0.717) is 5.92 Å². The van der Waals surface area contributed by atoms with Crippen LogP contribution in [0.25, 0.3) is 0 Å². The maximum absolute atomic E-state index is 4.60. The van der Waals surface area contributed by atoms with Crippen LogP contribution in [0.2, 0.25) is 0 Å². The Kier molecular flexibility index (Phi) is 4.32. The molecule has 0 aromatic heterocycles. The molecule has 0 aromatic carbocycles. The summed E-state index contributed by atoms with van der Waals surface area (Å²) in [7, 11) is 0. The Morgan fingerprint density at radius 3 is 2.78 bits per heavy atom. The van der Waals surface area contributed by atoms with Crippen molar-refractivity contribution in [1.29, 1.82) is 0 Å². The molecule has 0 radical (unpaired) electrons. The lowest BCUT2D eigenvalue weighted by Gasteiger charge is -2.10. The number of rotatable bonds is 4. The summed E-state index contributed by atoms with van der Waals surface area (Å²) in [6.45, 7) is 8.05. The highest BCUT2D eigenvalue weighted by atomic mass is 32.1. The van der Waals surface area contributed by atoms with Crippen molar-refractivity contribution in [3.63, 3.8) is 0 Å².